The van der Waals surface area contributed by atoms with E-state index in [9.17, 15) is 4.79 Å². The number of aromatic nitrogens is 2. The number of piperidine rings is 1. The predicted molar refractivity (Wildman–Crippen MR) is 130 cm³/mol. The largest absolute Gasteiger partial charge is 0.356 e. The van der Waals surface area contributed by atoms with Crippen molar-refractivity contribution >= 4 is 23.5 Å². The third kappa shape index (κ3) is 6.10. The third-order valence-corrected chi connectivity index (χ3v) is 6.82. The van der Waals surface area contributed by atoms with Crippen molar-refractivity contribution in [1.29, 1.82) is 0 Å². The zero-order valence-electron chi connectivity index (χ0n) is 18.5. The molecule has 0 spiro atoms. The molecule has 1 aliphatic heterocycles. The molecule has 0 saturated carbocycles. The van der Waals surface area contributed by atoms with Crippen LogP contribution in [0.3, 0.4) is 0 Å². The van der Waals surface area contributed by atoms with E-state index in [-0.39, 0.29) is 11.8 Å². The number of hydrogen-bond acceptors (Lipinski definition) is 5. The van der Waals surface area contributed by atoms with Crippen LogP contribution in [-0.4, -0.2) is 35.5 Å². The highest BCUT2D eigenvalue weighted by Gasteiger charge is 2.27. The van der Waals surface area contributed by atoms with Crippen molar-refractivity contribution < 1.29 is 4.79 Å². The molecule has 32 heavy (non-hydrogen) atoms. The maximum Gasteiger partial charge on any atom is 0.223 e. The first-order valence-corrected chi connectivity index (χ1v) is 12.1. The summed E-state index contributed by atoms with van der Waals surface area (Å²) in [7, 11) is 0. The van der Waals surface area contributed by atoms with Gasteiger partial charge in [0.2, 0.25) is 5.91 Å². The molecule has 166 valence electrons. The van der Waals surface area contributed by atoms with Crippen LogP contribution >= 0.6 is 11.8 Å². The topological polar surface area (TPSA) is 58.1 Å². The van der Waals surface area contributed by atoms with Gasteiger partial charge in [-0.2, -0.15) is 0 Å². The van der Waals surface area contributed by atoms with Gasteiger partial charge in [-0.25, -0.2) is 9.97 Å². The third-order valence-electron chi connectivity index (χ3n) is 5.83. The van der Waals surface area contributed by atoms with Gasteiger partial charge in [0.15, 0.2) is 5.82 Å². The van der Waals surface area contributed by atoms with Gasteiger partial charge in [0.05, 0.1) is 0 Å². The highest BCUT2D eigenvalue weighted by atomic mass is 32.2. The highest BCUT2D eigenvalue weighted by Crippen LogP contribution is 2.34. The molecule has 6 heteroatoms. The van der Waals surface area contributed by atoms with Crippen LogP contribution < -0.4 is 10.2 Å². The molecule has 0 bridgehead atoms. The Kier molecular flexibility index (Phi) is 7.77. The van der Waals surface area contributed by atoms with Crippen molar-refractivity contribution in [1.82, 2.24) is 15.3 Å². The average molecular weight is 447 g/mol. The lowest BCUT2D eigenvalue weighted by Gasteiger charge is -2.32. The Hall–Kier alpha value is -2.86. The smallest absolute Gasteiger partial charge is 0.223 e. The first-order valence-electron chi connectivity index (χ1n) is 11.3. The lowest BCUT2D eigenvalue weighted by Crippen LogP contribution is -2.41. The summed E-state index contributed by atoms with van der Waals surface area (Å²) < 4.78 is 0. The van der Waals surface area contributed by atoms with E-state index in [2.05, 4.69) is 75.6 Å². The summed E-state index contributed by atoms with van der Waals surface area (Å²) in [6, 6.07) is 18.9. The molecule has 1 saturated heterocycles. The molecule has 2 heterocycles. The Labute approximate surface area is 194 Å². The molecular formula is C26H30N4OS. The number of anilines is 1. The van der Waals surface area contributed by atoms with E-state index in [0.717, 1.165) is 61.1 Å². The number of carbonyl (C=O) groups is 1. The molecule has 4 rings (SSSR count). The number of nitrogens with one attached hydrogen (secondary N) is 1. The number of hydrogen-bond donors (Lipinski definition) is 1. The number of benzene rings is 2. The van der Waals surface area contributed by atoms with Crippen LogP contribution in [0.2, 0.25) is 0 Å². The van der Waals surface area contributed by atoms with Crippen LogP contribution in [0.4, 0.5) is 5.82 Å². The van der Waals surface area contributed by atoms with Crippen molar-refractivity contribution in [3.8, 4) is 0 Å². The van der Waals surface area contributed by atoms with E-state index in [1.807, 2.05) is 6.07 Å². The van der Waals surface area contributed by atoms with Gasteiger partial charge in [-0.05, 0) is 50.3 Å². The molecule has 0 unspecified atom stereocenters. The van der Waals surface area contributed by atoms with E-state index >= 15 is 0 Å². The molecule has 5 nitrogen and oxygen atoms in total. The lowest BCUT2D eigenvalue weighted by atomic mass is 9.96. The second kappa shape index (κ2) is 11.1. The molecule has 0 atom stereocenters. The maximum atomic E-state index is 12.6. The number of amides is 1. The van der Waals surface area contributed by atoms with E-state index < -0.39 is 0 Å². The van der Waals surface area contributed by atoms with Gasteiger partial charge in [-0.15, -0.1) is 0 Å². The second-order valence-electron chi connectivity index (χ2n) is 8.24. The number of aryl methyl sites for hydroxylation is 2. The molecule has 0 aliphatic carbocycles. The maximum absolute atomic E-state index is 12.6. The summed E-state index contributed by atoms with van der Waals surface area (Å²) in [6.45, 7) is 4.46. The minimum absolute atomic E-state index is 0.0767. The fourth-order valence-electron chi connectivity index (χ4n) is 3.97. The van der Waals surface area contributed by atoms with Gasteiger partial charge in [-0.1, -0.05) is 59.8 Å². The highest BCUT2D eigenvalue weighted by molar-refractivity contribution is 7.99. The summed E-state index contributed by atoms with van der Waals surface area (Å²) in [5.74, 6) is 1.18. The Morgan fingerprint density at radius 3 is 2.50 bits per heavy atom. The molecule has 1 aliphatic rings. The van der Waals surface area contributed by atoms with Crippen LogP contribution in [-0.2, 0) is 11.2 Å². The predicted octanol–water partition coefficient (Wildman–Crippen LogP) is 4.90. The van der Waals surface area contributed by atoms with Crippen LogP contribution in [0.25, 0.3) is 0 Å². The van der Waals surface area contributed by atoms with Gasteiger partial charge in [0, 0.05) is 42.8 Å². The number of carbonyl (C=O) groups excluding carboxylic acids is 1. The molecule has 3 aromatic rings. The monoisotopic (exact) mass is 446 g/mol. The van der Waals surface area contributed by atoms with E-state index in [1.54, 1.807) is 24.2 Å². The first-order chi connectivity index (χ1) is 15.7. The molecule has 1 aromatic heterocycles. The Balaban J connectivity index is 1.26. The van der Waals surface area contributed by atoms with Crippen LogP contribution in [0.15, 0.2) is 76.9 Å². The standard InChI is InChI=1S/C26H30N4OS/c1-20-9-11-23(12-10-20)32-26-24(27-16-17-29-26)30-18-13-22(14-19-30)25(31)28-15-5-8-21-6-3-2-4-7-21/h2-4,6-7,9-12,16-17,22H,5,8,13-15,18-19H2,1H3,(H,28,31). The summed E-state index contributed by atoms with van der Waals surface area (Å²) in [4.78, 5) is 25.2. The summed E-state index contributed by atoms with van der Waals surface area (Å²) >= 11 is 1.64. The van der Waals surface area contributed by atoms with Gasteiger partial charge in [0.1, 0.15) is 5.03 Å². The van der Waals surface area contributed by atoms with Crippen molar-refractivity contribution in [2.75, 3.05) is 24.5 Å². The van der Waals surface area contributed by atoms with E-state index in [1.165, 1.54) is 11.1 Å². The molecule has 1 amide bonds. The zero-order valence-corrected chi connectivity index (χ0v) is 19.4. The minimum atomic E-state index is 0.0767. The normalized spacial score (nSPS) is 14.3. The van der Waals surface area contributed by atoms with Crippen molar-refractivity contribution in [2.45, 2.75) is 42.5 Å². The van der Waals surface area contributed by atoms with Gasteiger partial charge >= 0.3 is 0 Å². The van der Waals surface area contributed by atoms with Crippen molar-refractivity contribution in [3.63, 3.8) is 0 Å². The summed E-state index contributed by atoms with van der Waals surface area (Å²) in [5.41, 5.74) is 2.56. The molecule has 1 N–H and O–H groups in total. The van der Waals surface area contributed by atoms with Crippen LogP contribution in [0, 0.1) is 12.8 Å². The molecule has 2 aromatic carbocycles. The fourth-order valence-corrected chi connectivity index (χ4v) is 4.85. The van der Waals surface area contributed by atoms with Gasteiger partial charge < -0.3 is 10.2 Å². The second-order valence-corrected chi connectivity index (χ2v) is 9.30. The summed E-state index contributed by atoms with van der Waals surface area (Å²) in [6.07, 6.45) is 7.14. The molecule has 0 radical (unpaired) electrons. The zero-order chi connectivity index (χ0) is 22.2. The fraction of sp³-hybridized carbons (Fsp3) is 0.346. The van der Waals surface area contributed by atoms with E-state index in [0.29, 0.717) is 0 Å². The number of rotatable bonds is 8. The van der Waals surface area contributed by atoms with E-state index in [4.69, 9.17) is 0 Å². The minimum Gasteiger partial charge on any atom is -0.356 e. The van der Waals surface area contributed by atoms with Gasteiger partial charge in [-0.3, -0.25) is 4.79 Å². The first kappa shape index (κ1) is 22.3. The lowest BCUT2D eigenvalue weighted by molar-refractivity contribution is -0.125. The molecular weight excluding hydrogens is 416 g/mol. The van der Waals surface area contributed by atoms with Crippen molar-refractivity contribution in [2.24, 2.45) is 5.92 Å². The van der Waals surface area contributed by atoms with Crippen molar-refractivity contribution in [3.05, 3.63) is 78.1 Å². The average Bonchev–Trinajstić information content (AvgIpc) is 2.84. The number of nitrogens with zero attached hydrogens (tertiary/aromatic N) is 3. The SMILES string of the molecule is Cc1ccc(Sc2nccnc2N2CCC(C(=O)NCCCc3ccccc3)CC2)cc1. The van der Waals surface area contributed by atoms with Crippen LogP contribution in [0.1, 0.15) is 30.4 Å². The molecule has 1 fully saturated rings. The Bertz CT molecular complexity index is 1000. The van der Waals surface area contributed by atoms with Gasteiger partial charge in [0.25, 0.3) is 0 Å². The van der Waals surface area contributed by atoms with Crippen LogP contribution in [0.5, 0.6) is 0 Å². The quantitative estimate of drug-likeness (QED) is 0.499. The Morgan fingerprint density at radius 2 is 1.75 bits per heavy atom. The Morgan fingerprint density at radius 1 is 1.03 bits per heavy atom. The summed E-state index contributed by atoms with van der Waals surface area (Å²) in [5, 5.41) is 4.05.